The standard InChI is InChI=1S/C22H24N6OS/c1-15-4-3-9-24-21(15)27-22-20(23-10-11-25-22)17-7-12-28(13-8-17)19(29)6-5-18-14-30-16(2)26-18/h3-6,9-11,14,17H,7-8,12-13H2,1-2H3,(H,24,25,27)/b6-5+. The zero-order chi connectivity index (χ0) is 20.9. The zero-order valence-electron chi connectivity index (χ0n) is 17.1. The molecule has 1 saturated heterocycles. The van der Waals surface area contributed by atoms with Crippen molar-refractivity contribution in [2.45, 2.75) is 32.6 Å². The molecule has 0 unspecified atom stereocenters. The van der Waals surface area contributed by atoms with Gasteiger partial charge in [-0.2, -0.15) is 0 Å². The van der Waals surface area contributed by atoms with Gasteiger partial charge >= 0.3 is 0 Å². The summed E-state index contributed by atoms with van der Waals surface area (Å²) in [7, 11) is 0. The summed E-state index contributed by atoms with van der Waals surface area (Å²) >= 11 is 1.58. The molecule has 1 aliphatic heterocycles. The van der Waals surface area contributed by atoms with Crippen molar-refractivity contribution in [3.05, 3.63) is 64.1 Å². The largest absolute Gasteiger partial charge is 0.339 e. The van der Waals surface area contributed by atoms with E-state index in [2.05, 4.69) is 25.3 Å². The van der Waals surface area contributed by atoms with Crippen molar-refractivity contribution in [2.75, 3.05) is 18.4 Å². The summed E-state index contributed by atoms with van der Waals surface area (Å²) in [5.74, 6) is 1.80. The van der Waals surface area contributed by atoms with E-state index in [1.165, 1.54) is 0 Å². The van der Waals surface area contributed by atoms with Crippen molar-refractivity contribution in [3.8, 4) is 0 Å². The number of piperidine rings is 1. The van der Waals surface area contributed by atoms with Gasteiger partial charge in [-0.05, 0) is 44.4 Å². The number of thiazole rings is 1. The lowest BCUT2D eigenvalue weighted by Crippen LogP contribution is -2.37. The maximum atomic E-state index is 12.5. The lowest BCUT2D eigenvalue weighted by Gasteiger charge is -2.31. The number of aromatic nitrogens is 4. The minimum absolute atomic E-state index is 0.0284. The van der Waals surface area contributed by atoms with Crippen LogP contribution in [-0.4, -0.2) is 43.8 Å². The Hall–Kier alpha value is -3.13. The summed E-state index contributed by atoms with van der Waals surface area (Å²) in [5.41, 5.74) is 2.82. The first kappa shape index (κ1) is 20.2. The van der Waals surface area contributed by atoms with E-state index in [9.17, 15) is 4.79 Å². The van der Waals surface area contributed by atoms with Crippen LogP contribution in [0.25, 0.3) is 6.08 Å². The van der Waals surface area contributed by atoms with Crippen molar-refractivity contribution in [2.24, 2.45) is 0 Å². The van der Waals surface area contributed by atoms with Gasteiger partial charge in [-0.3, -0.25) is 9.78 Å². The van der Waals surface area contributed by atoms with E-state index < -0.39 is 0 Å². The Bertz CT molecular complexity index is 1060. The maximum Gasteiger partial charge on any atom is 0.246 e. The fraction of sp³-hybridized carbons (Fsp3) is 0.318. The highest BCUT2D eigenvalue weighted by Gasteiger charge is 2.26. The quantitative estimate of drug-likeness (QED) is 0.626. The molecule has 1 fully saturated rings. The van der Waals surface area contributed by atoms with Gasteiger partial charge in [0.2, 0.25) is 5.91 Å². The molecule has 0 aliphatic carbocycles. The van der Waals surface area contributed by atoms with E-state index >= 15 is 0 Å². The third-order valence-corrected chi connectivity index (χ3v) is 5.99. The van der Waals surface area contributed by atoms with E-state index in [4.69, 9.17) is 0 Å². The molecule has 0 bridgehead atoms. The van der Waals surface area contributed by atoms with E-state index in [-0.39, 0.29) is 11.8 Å². The lowest BCUT2D eigenvalue weighted by atomic mass is 9.93. The second-order valence-electron chi connectivity index (χ2n) is 7.31. The maximum absolute atomic E-state index is 12.5. The highest BCUT2D eigenvalue weighted by molar-refractivity contribution is 7.09. The Morgan fingerprint density at radius 3 is 2.63 bits per heavy atom. The minimum Gasteiger partial charge on any atom is -0.339 e. The predicted molar refractivity (Wildman–Crippen MR) is 119 cm³/mol. The van der Waals surface area contributed by atoms with Crippen molar-refractivity contribution in [1.82, 2.24) is 24.8 Å². The highest BCUT2D eigenvalue weighted by Crippen LogP contribution is 2.31. The SMILES string of the molecule is Cc1nc(/C=C/C(=O)N2CCC(c3nccnc3Nc3ncccc3C)CC2)cs1. The second-order valence-corrected chi connectivity index (χ2v) is 8.37. The summed E-state index contributed by atoms with van der Waals surface area (Å²) < 4.78 is 0. The van der Waals surface area contributed by atoms with Crippen LogP contribution in [0.2, 0.25) is 0 Å². The molecule has 1 N–H and O–H groups in total. The molecular weight excluding hydrogens is 396 g/mol. The van der Waals surface area contributed by atoms with E-state index in [1.54, 1.807) is 42.1 Å². The first-order valence-corrected chi connectivity index (χ1v) is 10.9. The molecule has 0 radical (unpaired) electrons. The minimum atomic E-state index is 0.0284. The number of aryl methyl sites for hydroxylation is 2. The molecule has 3 aromatic rings. The van der Waals surface area contributed by atoms with Gasteiger partial charge in [0.1, 0.15) is 5.82 Å². The van der Waals surface area contributed by atoms with Gasteiger partial charge in [0.15, 0.2) is 5.82 Å². The Morgan fingerprint density at radius 1 is 1.13 bits per heavy atom. The number of rotatable bonds is 5. The van der Waals surface area contributed by atoms with E-state index in [0.717, 1.165) is 46.4 Å². The van der Waals surface area contributed by atoms with E-state index in [0.29, 0.717) is 13.1 Å². The monoisotopic (exact) mass is 420 g/mol. The fourth-order valence-electron chi connectivity index (χ4n) is 3.56. The number of nitrogens with one attached hydrogen (secondary N) is 1. The number of anilines is 2. The number of carbonyl (C=O) groups is 1. The summed E-state index contributed by atoms with van der Waals surface area (Å²) in [6, 6.07) is 3.92. The third kappa shape index (κ3) is 4.71. The van der Waals surface area contributed by atoms with Gasteiger partial charge in [0.05, 0.1) is 16.4 Å². The van der Waals surface area contributed by atoms with Gasteiger partial charge in [-0.1, -0.05) is 6.07 Å². The van der Waals surface area contributed by atoms with Crippen LogP contribution >= 0.6 is 11.3 Å². The average Bonchev–Trinajstić information content (AvgIpc) is 3.19. The first-order valence-electron chi connectivity index (χ1n) is 9.99. The van der Waals surface area contributed by atoms with Crippen LogP contribution in [0.15, 0.2) is 42.2 Å². The molecule has 4 rings (SSSR count). The molecule has 1 amide bonds. The number of hydrogen-bond acceptors (Lipinski definition) is 7. The molecule has 0 atom stereocenters. The molecule has 0 aromatic carbocycles. The number of hydrogen-bond donors (Lipinski definition) is 1. The van der Waals surface area contributed by atoms with Crippen LogP contribution in [-0.2, 0) is 4.79 Å². The molecule has 154 valence electrons. The highest BCUT2D eigenvalue weighted by atomic mass is 32.1. The molecule has 30 heavy (non-hydrogen) atoms. The second kappa shape index (κ2) is 9.13. The van der Waals surface area contributed by atoms with Crippen LogP contribution < -0.4 is 5.32 Å². The Morgan fingerprint density at radius 2 is 1.90 bits per heavy atom. The molecular formula is C22H24N6OS. The van der Waals surface area contributed by atoms with Gasteiger partial charge in [-0.25, -0.2) is 15.0 Å². The van der Waals surface area contributed by atoms with Crippen LogP contribution in [0.5, 0.6) is 0 Å². The zero-order valence-corrected chi connectivity index (χ0v) is 17.9. The number of pyridine rings is 1. The molecule has 0 spiro atoms. The van der Waals surface area contributed by atoms with Crippen LogP contribution in [0.4, 0.5) is 11.6 Å². The van der Waals surface area contributed by atoms with Crippen molar-refractivity contribution in [3.63, 3.8) is 0 Å². The van der Waals surface area contributed by atoms with Crippen LogP contribution in [0.3, 0.4) is 0 Å². The lowest BCUT2D eigenvalue weighted by molar-refractivity contribution is -0.126. The summed E-state index contributed by atoms with van der Waals surface area (Å²) in [4.78, 5) is 32.3. The molecule has 0 saturated carbocycles. The summed E-state index contributed by atoms with van der Waals surface area (Å²) in [6.07, 6.45) is 10.3. The van der Waals surface area contributed by atoms with Crippen molar-refractivity contribution >= 4 is 35.0 Å². The van der Waals surface area contributed by atoms with Crippen LogP contribution in [0.1, 0.15) is 40.7 Å². The number of nitrogens with zero attached hydrogens (tertiary/aromatic N) is 5. The van der Waals surface area contributed by atoms with Crippen molar-refractivity contribution < 1.29 is 4.79 Å². The average molecular weight is 421 g/mol. The normalized spacial score (nSPS) is 14.9. The van der Waals surface area contributed by atoms with Crippen LogP contribution in [0, 0.1) is 13.8 Å². The molecule has 7 nitrogen and oxygen atoms in total. The Balaban J connectivity index is 1.40. The van der Waals surface area contributed by atoms with Gasteiger partial charge in [-0.15, -0.1) is 11.3 Å². The Labute approximate surface area is 179 Å². The molecule has 8 heteroatoms. The number of likely N-dealkylation sites (tertiary alicyclic amines) is 1. The number of carbonyl (C=O) groups excluding carboxylic acids is 1. The third-order valence-electron chi connectivity index (χ3n) is 5.20. The molecule has 3 aromatic heterocycles. The summed E-state index contributed by atoms with van der Waals surface area (Å²) in [6.45, 7) is 5.36. The van der Waals surface area contributed by atoms with Crippen molar-refractivity contribution in [1.29, 1.82) is 0 Å². The molecule has 4 heterocycles. The fourth-order valence-corrected chi connectivity index (χ4v) is 4.15. The van der Waals surface area contributed by atoms with Gasteiger partial charge in [0.25, 0.3) is 0 Å². The van der Waals surface area contributed by atoms with Gasteiger partial charge in [0, 0.05) is 49.1 Å². The smallest absolute Gasteiger partial charge is 0.246 e. The van der Waals surface area contributed by atoms with Gasteiger partial charge < -0.3 is 10.2 Å². The predicted octanol–water partition coefficient (Wildman–Crippen LogP) is 4.11. The van der Waals surface area contributed by atoms with E-state index in [1.807, 2.05) is 36.3 Å². The molecule has 1 aliphatic rings. The number of amides is 1. The topological polar surface area (TPSA) is 83.9 Å². The first-order chi connectivity index (χ1) is 14.6. The Kier molecular flexibility index (Phi) is 6.13. The summed E-state index contributed by atoms with van der Waals surface area (Å²) in [5, 5.41) is 6.28.